The molecule has 0 unspecified atom stereocenters. The lowest BCUT2D eigenvalue weighted by molar-refractivity contribution is -0.914. The summed E-state index contributed by atoms with van der Waals surface area (Å²) in [5, 5.41) is 0. The molecule has 2 N–H and O–H groups in total. The normalized spacial score (nSPS) is 11.6. The van der Waals surface area contributed by atoms with Crippen LogP contribution in [0.4, 0.5) is 0 Å². The van der Waals surface area contributed by atoms with Crippen molar-refractivity contribution in [3.05, 3.63) is 62.6 Å². The lowest BCUT2D eigenvalue weighted by atomic mass is 10.1. The predicted octanol–water partition coefficient (Wildman–Crippen LogP) is 1.26. The van der Waals surface area contributed by atoms with Gasteiger partial charge in [-0.2, -0.15) is 0 Å². The minimum absolute atomic E-state index is 0.353. The summed E-state index contributed by atoms with van der Waals surface area (Å²) < 4.78 is 3.47. The van der Waals surface area contributed by atoms with E-state index in [2.05, 4.69) is 31.0 Å². The zero-order valence-electron chi connectivity index (χ0n) is 17.7. The van der Waals surface area contributed by atoms with Gasteiger partial charge in [0, 0.05) is 13.6 Å². The lowest BCUT2D eigenvalue weighted by Gasteiger charge is -2.18. The molecule has 2 heterocycles. The molecule has 0 aliphatic rings. The van der Waals surface area contributed by atoms with Crippen LogP contribution in [0.5, 0.6) is 0 Å². The summed E-state index contributed by atoms with van der Waals surface area (Å²) in [7, 11) is 1.66. The molecule has 1 aromatic carbocycles. The molecule has 3 rings (SSSR count). The molecule has 7 nitrogen and oxygen atoms in total. The summed E-state index contributed by atoms with van der Waals surface area (Å²) in [6, 6.07) is 10.4. The third-order valence-electron chi connectivity index (χ3n) is 5.39. The van der Waals surface area contributed by atoms with Crippen LogP contribution >= 0.6 is 0 Å². The molecular formula is C22H32N5O2+. The Labute approximate surface area is 171 Å². The second-order valence-electron chi connectivity index (χ2n) is 7.69. The number of H-pyrrole nitrogens is 1. The Morgan fingerprint density at radius 3 is 2.41 bits per heavy atom. The second kappa shape index (κ2) is 9.69. The van der Waals surface area contributed by atoms with E-state index in [0.29, 0.717) is 17.7 Å². The maximum absolute atomic E-state index is 12.6. The van der Waals surface area contributed by atoms with Gasteiger partial charge < -0.3 is 9.47 Å². The van der Waals surface area contributed by atoms with Gasteiger partial charge in [0.2, 0.25) is 0 Å². The van der Waals surface area contributed by atoms with Crippen molar-refractivity contribution in [1.82, 2.24) is 19.1 Å². The van der Waals surface area contributed by atoms with E-state index in [0.717, 1.165) is 51.1 Å². The Morgan fingerprint density at radius 2 is 1.76 bits per heavy atom. The van der Waals surface area contributed by atoms with Gasteiger partial charge >= 0.3 is 5.69 Å². The fraction of sp³-hybridized carbons (Fsp3) is 0.500. The fourth-order valence-electron chi connectivity index (χ4n) is 3.97. The van der Waals surface area contributed by atoms with Gasteiger partial charge in [-0.15, -0.1) is 0 Å². The van der Waals surface area contributed by atoms with Crippen LogP contribution in [0.2, 0.25) is 0 Å². The van der Waals surface area contributed by atoms with Crippen molar-refractivity contribution < 1.29 is 4.90 Å². The lowest BCUT2D eigenvalue weighted by Crippen LogP contribution is -3.10. The van der Waals surface area contributed by atoms with Crippen LogP contribution < -0.4 is 16.1 Å². The number of imidazole rings is 1. The Bertz CT molecular complexity index is 1040. The number of fused-ring (bicyclic) bond motifs is 1. The molecule has 0 aliphatic heterocycles. The quantitative estimate of drug-likeness (QED) is 0.540. The minimum atomic E-state index is -0.422. The number of quaternary nitrogens is 1. The molecule has 0 fully saturated rings. The van der Waals surface area contributed by atoms with Crippen molar-refractivity contribution >= 4 is 11.2 Å². The first-order chi connectivity index (χ1) is 14.0. The van der Waals surface area contributed by atoms with Crippen molar-refractivity contribution in [2.45, 2.75) is 52.6 Å². The number of hydrogen-bond acceptors (Lipinski definition) is 3. The topological polar surface area (TPSA) is 77.1 Å². The van der Waals surface area contributed by atoms with Crippen LogP contribution in [-0.4, -0.2) is 32.2 Å². The molecule has 0 saturated heterocycles. The third kappa shape index (κ3) is 4.85. The zero-order chi connectivity index (χ0) is 20.8. The first kappa shape index (κ1) is 21.0. The van der Waals surface area contributed by atoms with E-state index in [1.165, 1.54) is 15.0 Å². The molecular weight excluding hydrogens is 366 g/mol. The van der Waals surface area contributed by atoms with Gasteiger partial charge in [0.15, 0.2) is 17.0 Å². The van der Waals surface area contributed by atoms with Gasteiger partial charge in [-0.1, -0.05) is 44.2 Å². The number of nitrogens with zero attached hydrogens (tertiary/aromatic N) is 3. The van der Waals surface area contributed by atoms with Crippen LogP contribution in [0.1, 0.15) is 44.5 Å². The molecule has 0 bridgehead atoms. The number of benzene rings is 1. The van der Waals surface area contributed by atoms with Crippen molar-refractivity contribution in [3.63, 3.8) is 0 Å². The molecule has 29 heavy (non-hydrogen) atoms. The standard InChI is InChI=1S/C22H31N5O2/c1-4-13-26(14-5-2)16-18-23-20-19(21(28)24-22(29)25(20)3)27(18)15-9-12-17-10-7-6-8-11-17/h6-8,10-11H,4-5,9,12-16H2,1-3H3,(H,24,28,29)/p+1. The maximum atomic E-state index is 12.6. The van der Waals surface area contributed by atoms with Crippen molar-refractivity contribution in [2.75, 3.05) is 13.1 Å². The van der Waals surface area contributed by atoms with Crippen molar-refractivity contribution in [3.8, 4) is 0 Å². The van der Waals surface area contributed by atoms with Crippen LogP contribution in [0.25, 0.3) is 11.2 Å². The Balaban J connectivity index is 1.96. The first-order valence-corrected chi connectivity index (χ1v) is 10.6. The predicted molar refractivity (Wildman–Crippen MR) is 115 cm³/mol. The number of aryl methyl sites for hydroxylation is 3. The number of aromatic amines is 1. The number of hydrogen-bond donors (Lipinski definition) is 2. The number of rotatable bonds is 10. The fourth-order valence-corrected chi connectivity index (χ4v) is 3.97. The van der Waals surface area contributed by atoms with Crippen molar-refractivity contribution in [1.29, 1.82) is 0 Å². The molecule has 156 valence electrons. The number of aromatic nitrogens is 4. The highest BCUT2D eigenvalue weighted by molar-refractivity contribution is 5.70. The van der Waals surface area contributed by atoms with E-state index in [4.69, 9.17) is 4.98 Å². The highest BCUT2D eigenvalue weighted by atomic mass is 16.2. The maximum Gasteiger partial charge on any atom is 0.329 e. The second-order valence-corrected chi connectivity index (χ2v) is 7.69. The summed E-state index contributed by atoms with van der Waals surface area (Å²) in [6.45, 7) is 7.97. The summed E-state index contributed by atoms with van der Waals surface area (Å²) in [6.07, 6.45) is 4.04. The Kier molecular flexibility index (Phi) is 7.04. The van der Waals surface area contributed by atoms with Gasteiger partial charge in [0.05, 0.1) is 13.1 Å². The largest absolute Gasteiger partial charge is 0.329 e. The Morgan fingerprint density at radius 1 is 1.07 bits per heavy atom. The van der Waals surface area contributed by atoms with Crippen LogP contribution in [0.3, 0.4) is 0 Å². The Hall–Kier alpha value is -2.67. The van der Waals surface area contributed by atoms with Crippen molar-refractivity contribution in [2.24, 2.45) is 7.05 Å². The molecule has 0 saturated carbocycles. The highest BCUT2D eigenvalue weighted by Crippen LogP contribution is 2.13. The molecule has 0 atom stereocenters. The summed E-state index contributed by atoms with van der Waals surface area (Å²) in [4.78, 5) is 33.3. The molecule has 0 amide bonds. The van der Waals surface area contributed by atoms with Gasteiger partial charge in [0.1, 0.15) is 6.54 Å². The smallest absolute Gasteiger partial charge is 0.329 e. The zero-order valence-corrected chi connectivity index (χ0v) is 17.7. The van der Waals surface area contributed by atoms with E-state index < -0.39 is 5.69 Å². The monoisotopic (exact) mass is 398 g/mol. The summed E-state index contributed by atoms with van der Waals surface area (Å²) in [5.74, 6) is 0.886. The molecule has 0 radical (unpaired) electrons. The molecule has 0 spiro atoms. The van der Waals surface area contributed by atoms with E-state index in [-0.39, 0.29) is 5.56 Å². The van der Waals surface area contributed by atoms with Gasteiger partial charge in [-0.3, -0.25) is 14.3 Å². The highest BCUT2D eigenvalue weighted by Gasteiger charge is 2.20. The van der Waals surface area contributed by atoms with Gasteiger partial charge in [-0.25, -0.2) is 9.78 Å². The van der Waals surface area contributed by atoms with E-state index in [1.54, 1.807) is 7.05 Å². The molecule has 0 aliphatic carbocycles. The third-order valence-corrected chi connectivity index (χ3v) is 5.39. The first-order valence-electron chi connectivity index (χ1n) is 10.6. The van der Waals surface area contributed by atoms with Crippen LogP contribution in [0, 0.1) is 0 Å². The van der Waals surface area contributed by atoms with E-state index >= 15 is 0 Å². The van der Waals surface area contributed by atoms with Crippen LogP contribution in [0.15, 0.2) is 39.9 Å². The SMILES string of the molecule is CCC[NH+](CCC)Cc1nc2c(c(=O)[nH]c(=O)n2C)n1CCCc1ccccc1. The molecule has 7 heteroatoms. The van der Waals surface area contributed by atoms with E-state index in [9.17, 15) is 9.59 Å². The van der Waals surface area contributed by atoms with Gasteiger partial charge in [0.25, 0.3) is 5.56 Å². The summed E-state index contributed by atoms with van der Waals surface area (Å²) >= 11 is 0. The average Bonchev–Trinajstić information content (AvgIpc) is 3.06. The summed E-state index contributed by atoms with van der Waals surface area (Å²) in [5.41, 5.74) is 1.48. The minimum Gasteiger partial charge on any atom is -0.329 e. The average molecular weight is 399 g/mol. The van der Waals surface area contributed by atoms with Crippen LogP contribution in [-0.2, 0) is 26.6 Å². The molecule has 2 aromatic heterocycles. The van der Waals surface area contributed by atoms with E-state index in [1.807, 2.05) is 22.8 Å². The molecule has 3 aromatic rings. The number of nitrogens with one attached hydrogen (secondary N) is 2. The van der Waals surface area contributed by atoms with Gasteiger partial charge in [-0.05, 0) is 31.2 Å².